The maximum Gasteiger partial charge on any atom is 0.250 e. The fourth-order valence-electron chi connectivity index (χ4n) is 2.53. The van der Waals surface area contributed by atoms with Gasteiger partial charge in [-0.05, 0) is 61.8 Å². The maximum atomic E-state index is 12.1. The van der Waals surface area contributed by atoms with Crippen LogP contribution in [0.15, 0.2) is 48.5 Å². The van der Waals surface area contributed by atoms with E-state index in [4.69, 9.17) is 12.2 Å². The maximum absolute atomic E-state index is 12.1. The Morgan fingerprint density at radius 3 is 2.23 bits per heavy atom. The highest BCUT2D eigenvalue weighted by atomic mass is 32.1. The summed E-state index contributed by atoms with van der Waals surface area (Å²) in [6, 6.07) is 13.4. The molecular weight excluding hydrogens is 412 g/mol. The van der Waals surface area contributed by atoms with E-state index in [0.29, 0.717) is 0 Å². The summed E-state index contributed by atoms with van der Waals surface area (Å²) >= 11 is 4.97. The molecule has 3 amide bonds. The summed E-state index contributed by atoms with van der Waals surface area (Å²) in [6.07, 6.45) is 2.98. The molecule has 0 fully saturated rings. The lowest BCUT2D eigenvalue weighted by Gasteiger charge is -2.11. The normalized spacial score (nSPS) is 10.4. The molecule has 0 aliphatic heterocycles. The summed E-state index contributed by atoms with van der Waals surface area (Å²) in [4.78, 5) is 35.9. The van der Waals surface area contributed by atoms with E-state index in [-0.39, 0.29) is 23.9 Å². The summed E-state index contributed by atoms with van der Waals surface area (Å²) < 4.78 is 0. The van der Waals surface area contributed by atoms with Crippen molar-refractivity contribution in [2.75, 3.05) is 5.32 Å². The molecule has 8 heteroatoms. The van der Waals surface area contributed by atoms with E-state index in [1.807, 2.05) is 63.2 Å². The van der Waals surface area contributed by atoms with Crippen LogP contribution in [0.25, 0.3) is 6.08 Å². The highest BCUT2D eigenvalue weighted by Crippen LogP contribution is 2.16. The second-order valence-electron chi connectivity index (χ2n) is 7.10. The van der Waals surface area contributed by atoms with Gasteiger partial charge in [0, 0.05) is 24.6 Å². The third-order valence-electron chi connectivity index (χ3n) is 4.30. The van der Waals surface area contributed by atoms with Crippen molar-refractivity contribution in [2.24, 2.45) is 0 Å². The zero-order chi connectivity index (χ0) is 22.8. The van der Waals surface area contributed by atoms with Crippen molar-refractivity contribution in [1.82, 2.24) is 16.2 Å². The average molecular weight is 439 g/mol. The Morgan fingerprint density at radius 2 is 1.52 bits per heavy atom. The van der Waals surface area contributed by atoms with Crippen molar-refractivity contribution in [3.05, 3.63) is 70.8 Å². The Balaban J connectivity index is 1.68. The number of anilines is 1. The quantitative estimate of drug-likeness (QED) is 0.316. The van der Waals surface area contributed by atoms with E-state index in [0.717, 1.165) is 27.9 Å². The van der Waals surface area contributed by atoms with Crippen LogP contribution in [0, 0.1) is 20.8 Å². The fourth-order valence-corrected chi connectivity index (χ4v) is 2.69. The van der Waals surface area contributed by atoms with Gasteiger partial charge in [0.05, 0.1) is 0 Å². The van der Waals surface area contributed by atoms with Crippen molar-refractivity contribution in [2.45, 2.75) is 33.6 Å². The minimum Gasteiger partial charge on any atom is -0.326 e. The standard InChI is InChI=1S/C23H26N4O3S/c1-15-5-8-18(9-6-15)10-11-21(29)25-23(31)27-26-22(30)13-12-20(28)24-19-14-16(2)4-7-17(19)3/h4-11,14H,12-13H2,1-3H3,(H,24,28)(H,26,30)(H2,25,27,29,31)/b11-10+. The third-order valence-corrected chi connectivity index (χ3v) is 4.51. The first-order valence-electron chi connectivity index (χ1n) is 9.74. The Bertz CT molecular complexity index is 1000. The minimum absolute atomic E-state index is 0.0132. The number of amides is 3. The van der Waals surface area contributed by atoms with Crippen LogP contribution in [0.4, 0.5) is 5.69 Å². The molecule has 0 heterocycles. The number of thiocarbonyl (C=S) groups is 1. The molecule has 0 saturated heterocycles. The highest BCUT2D eigenvalue weighted by molar-refractivity contribution is 7.80. The summed E-state index contributed by atoms with van der Waals surface area (Å²) in [6.45, 7) is 5.82. The lowest BCUT2D eigenvalue weighted by atomic mass is 10.1. The first-order chi connectivity index (χ1) is 14.7. The number of benzene rings is 2. The highest BCUT2D eigenvalue weighted by Gasteiger charge is 2.09. The zero-order valence-electron chi connectivity index (χ0n) is 17.7. The Hall–Kier alpha value is -3.52. The summed E-state index contributed by atoms with van der Waals surface area (Å²) in [7, 11) is 0. The van der Waals surface area contributed by atoms with Crippen LogP contribution in [0.5, 0.6) is 0 Å². The van der Waals surface area contributed by atoms with E-state index in [1.54, 1.807) is 6.08 Å². The Labute approximate surface area is 187 Å². The molecule has 0 radical (unpaired) electrons. The second-order valence-corrected chi connectivity index (χ2v) is 7.51. The average Bonchev–Trinajstić information content (AvgIpc) is 2.73. The molecule has 0 atom stereocenters. The van der Waals surface area contributed by atoms with Gasteiger partial charge in [-0.2, -0.15) is 0 Å². The number of hydrogen-bond acceptors (Lipinski definition) is 4. The number of hydrazine groups is 1. The van der Waals surface area contributed by atoms with Gasteiger partial charge in [-0.1, -0.05) is 42.0 Å². The molecule has 0 bridgehead atoms. The van der Waals surface area contributed by atoms with Crippen LogP contribution in [-0.2, 0) is 14.4 Å². The Kier molecular flexibility index (Phi) is 8.90. The molecule has 2 aromatic carbocycles. The number of aryl methyl sites for hydroxylation is 3. The van der Waals surface area contributed by atoms with Crippen LogP contribution in [0.2, 0.25) is 0 Å². The van der Waals surface area contributed by atoms with Crippen molar-refractivity contribution < 1.29 is 14.4 Å². The first kappa shape index (κ1) is 23.8. The van der Waals surface area contributed by atoms with Crippen molar-refractivity contribution in [1.29, 1.82) is 0 Å². The third kappa shape index (κ3) is 8.79. The van der Waals surface area contributed by atoms with Gasteiger partial charge >= 0.3 is 0 Å². The van der Waals surface area contributed by atoms with Crippen LogP contribution in [-0.4, -0.2) is 22.8 Å². The van der Waals surface area contributed by atoms with Crippen LogP contribution in [0.1, 0.15) is 35.1 Å². The summed E-state index contributed by atoms with van der Waals surface area (Å²) in [5.74, 6) is -1.12. The largest absolute Gasteiger partial charge is 0.326 e. The number of nitrogens with one attached hydrogen (secondary N) is 4. The van der Waals surface area contributed by atoms with E-state index < -0.39 is 11.8 Å². The molecule has 0 aromatic heterocycles. The van der Waals surface area contributed by atoms with E-state index in [1.165, 1.54) is 6.08 Å². The van der Waals surface area contributed by atoms with Gasteiger partial charge in [-0.15, -0.1) is 0 Å². The first-order valence-corrected chi connectivity index (χ1v) is 10.2. The molecule has 162 valence electrons. The minimum atomic E-state index is -0.430. The van der Waals surface area contributed by atoms with Crippen molar-refractivity contribution >= 4 is 46.8 Å². The Morgan fingerprint density at radius 1 is 0.871 bits per heavy atom. The molecule has 0 spiro atoms. The van der Waals surface area contributed by atoms with E-state index >= 15 is 0 Å². The van der Waals surface area contributed by atoms with Gasteiger partial charge < -0.3 is 5.32 Å². The van der Waals surface area contributed by atoms with Crippen molar-refractivity contribution in [3.63, 3.8) is 0 Å². The summed E-state index contributed by atoms with van der Waals surface area (Å²) in [5.41, 5.74) is 9.52. The monoisotopic (exact) mass is 438 g/mol. The van der Waals surface area contributed by atoms with Crippen LogP contribution < -0.4 is 21.5 Å². The van der Waals surface area contributed by atoms with Gasteiger partial charge in [0.15, 0.2) is 5.11 Å². The predicted octanol–water partition coefficient (Wildman–Crippen LogP) is 3.07. The molecule has 7 nitrogen and oxygen atoms in total. The number of carbonyl (C=O) groups is 3. The molecule has 0 aliphatic carbocycles. The van der Waals surface area contributed by atoms with Crippen LogP contribution >= 0.6 is 12.2 Å². The predicted molar refractivity (Wildman–Crippen MR) is 126 cm³/mol. The molecule has 2 rings (SSSR count). The summed E-state index contributed by atoms with van der Waals surface area (Å²) in [5, 5.41) is 5.18. The van der Waals surface area contributed by atoms with Crippen molar-refractivity contribution in [3.8, 4) is 0 Å². The molecule has 4 N–H and O–H groups in total. The van der Waals surface area contributed by atoms with Gasteiger partial charge in [0.2, 0.25) is 17.7 Å². The molecule has 0 aliphatic rings. The lowest BCUT2D eigenvalue weighted by molar-refractivity contribution is -0.124. The van der Waals surface area contributed by atoms with Gasteiger partial charge in [0.1, 0.15) is 0 Å². The van der Waals surface area contributed by atoms with Gasteiger partial charge in [-0.3, -0.25) is 30.6 Å². The number of hydrogen-bond donors (Lipinski definition) is 4. The molecule has 0 unspecified atom stereocenters. The zero-order valence-corrected chi connectivity index (χ0v) is 18.6. The SMILES string of the molecule is Cc1ccc(/C=C/C(=O)NC(=S)NNC(=O)CCC(=O)Nc2cc(C)ccc2C)cc1. The smallest absolute Gasteiger partial charge is 0.250 e. The van der Waals surface area contributed by atoms with E-state index in [9.17, 15) is 14.4 Å². The second kappa shape index (κ2) is 11.6. The van der Waals surface area contributed by atoms with Gasteiger partial charge in [-0.25, -0.2) is 0 Å². The molecule has 2 aromatic rings. The molecule has 31 heavy (non-hydrogen) atoms. The topological polar surface area (TPSA) is 99.3 Å². The van der Waals surface area contributed by atoms with E-state index in [2.05, 4.69) is 21.5 Å². The number of rotatable bonds is 6. The lowest BCUT2D eigenvalue weighted by Crippen LogP contribution is -2.48. The molecular formula is C23H26N4O3S. The number of carbonyl (C=O) groups excluding carboxylic acids is 3. The fraction of sp³-hybridized carbons (Fsp3) is 0.217. The van der Waals surface area contributed by atoms with Gasteiger partial charge in [0.25, 0.3) is 0 Å². The molecule has 0 saturated carbocycles. The van der Waals surface area contributed by atoms with Crippen LogP contribution in [0.3, 0.4) is 0 Å².